The molecule has 154 valence electrons. The van der Waals surface area contributed by atoms with Crippen LogP contribution in [-0.4, -0.2) is 66.7 Å². The Bertz CT molecular complexity index is 808. The highest BCUT2D eigenvalue weighted by molar-refractivity contribution is 5.76. The van der Waals surface area contributed by atoms with Gasteiger partial charge in [0, 0.05) is 44.8 Å². The Morgan fingerprint density at radius 2 is 1.90 bits per heavy atom. The number of hydrogen-bond acceptors (Lipinski definition) is 7. The quantitative estimate of drug-likeness (QED) is 0.769. The lowest BCUT2D eigenvalue weighted by Crippen LogP contribution is -2.38. The van der Waals surface area contributed by atoms with E-state index in [4.69, 9.17) is 9.47 Å². The molecule has 0 radical (unpaired) electrons. The van der Waals surface area contributed by atoms with Gasteiger partial charge in [-0.1, -0.05) is 0 Å². The number of benzene rings is 1. The van der Waals surface area contributed by atoms with E-state index in [0.29, 0.717) is 37.0 Å². The van der Waals surface area contributed by atoms with Crippen molar-refractivity contribution >= 4 is 17.4 Å². The number of nitrogens with one attached hydrogen (secondary N) is 1. The third-order valence-corrected chi connectivity index (χ3v) is 5.16. The Hall–Kier alpha value is -2.87. The van der Waals surface area contributed by atoms with Crippen LogP contribution >= 0.6 is 0 Å². The molecule has 3 heterocycles. The zero-order valence-corrected chi connectivity index (χ0v) is 16.5. The van der Waals surface area contributed by atoms with Crippen LogP contribution in [0.4, 0.5) is 11.5 Å². The smallest absolute Gasteiger partial charge is 0.239 e. The number of nitrogens with zero attached hydrogens (tertiary/aromatic N) is 4. The Kier molecular flexibility index (Phi) is 6.41. The van der Waals surface area contributed by atoms with E-state index in [2.05, 4.69) is 20.2 Å². The van der Waals surface area contributed by atoms with Crippen molar-refractivity contribution in [2.24, 2.45) is 0 Å². The molecule has 2 aromatic rings. The lowest BCUT2D eigenvalue weighted by molar-refractivity contribution is -0.133. The number of ether oxygens (including phenoxy) is 2. The van der Waals surface area contributed by atoms with E-state index < -0.39 is 0 Å². The number of piperidine rings is 1. The molecule has 2 fully saturated rings. The molecule has 8 nitrogen and oxygen atoms in total. The van der Waals surface area contributed by atoms with Crippen LogP contribution < -0.4 is 15.0 Å². The van der Waals surface area contributed by atoms with Gasteiger partial charge >= 0.3 is 0 Å². The Balaban J connectivity index is 1.29. The van der Waals surface area contributed by atoms with Crippen molar-refractivity contribution in [3.8, 4) is 11.6 Å². The monoisotopic (exact) mass is 397 g/mol. The molecule has 0 aliphatic carbocycles. The van der Waals surface area contributed by atoms with E-state index in [1.54, 1.807) is 12.4 Å². The minimum atomic E-state index is 0.238. The minimum absolute atomic E-state index is 0.238. The van der Waals surface area contributed by atoms with Gasteiger partial charge < -0.3 is 24.6 Å². The lowest BCUT2D eigenvalue weighted by atomic mass is 10.1. The van der Waals surface area contributed by atoms with Gasteiger partial charge in [0.05, 0.1) is 25.6 Å². The minimum Gasteiger partial charge on any atom is -0.437 e. The predicted octanol–water partition coefficient (Wildman–Crippen LogP) is 2.53. The molecule has 4 rings (SSSR count). The number of carbonyl (C=O) groups is 1. The van der Waals surface area contributed by atoms with Crippen LogP contribution in [-0.2, 0) is 9.53 Å². The molecule has 0 saturated carbocycles. The van der Waals surface area contributed by atoms with Gasteiger partial charge in [0.1, 0.15) is 11.6 Å². The van der Waals surface area contributed by atoms with Gasteiger partial charge in [-0.15, -0.1) is 0 Å². The molecule has 0 atom stereocenters. The SMILES string of the molecule is O=C1CCCCN1CCNc1cncc(Oc2ccc(N3CCOCC3)cc2)n1. The number of morpholine rings is 1. The zero-order valence-electron chi connectivity index (χ0n) is 16.5. The first-order chi connectivity index (χ1) is 14.3. The van der Waals surface area contributed by atoms with Crippen molar-refractivity contribution < 1.29 is 14.3 Å². The number of aromatic nitrogens is 2. The van der Waals surface area contributed by atoms with E-state index in [1.807, 2.05) is 29.2 Å². The first-order valence-electron chi connectivity index (χ1n) is 10.2. The van der Waals surface area contributed by atoms with E-state index >= 15 is 0 Å². The van der Waals surface area contributed by atoms with Crippen molar-refractivity contribution in [1.82, 2.24) is 14.9 Å². The average Bonchev–Trinajstić information content (AvgIpc) is 2.77. The standard InChI is InChI=1S/C21H27N5O3/c27-21-3-1-2-9-26(21)10-8-23-19-15-22-16-20(24-19)29-18-6-4-17(5-7-18)25-11-13-28-14-12-25/h4-7,15-16H,1-3,8-14H2,(H,23,24). The van der Waals surface area contributed by atoms with E-state index in [9.17, 15) is 4.79 Å². The fourth-order valence-corrected chi connectivity index (χ4v) is 3.57. The van der Waals surface area contributed by atoms with Gasteiger partial charge in [0.2, 0.25) is 11.8 Å². The highest BCUT2D eigenvalue weighted by Crippen LogP contribution is 2.24. The molecule has 2 aliphatic rings. The number of carbonyl (C=O) groups excluding carboxylic acids is 1. The molecule has 1 aromatic carbocycles. The van der Waals surface area contributed by atoms with Crippen LogP contribution in [0.1, 0.15) is 19.3 Å². The second kappa shape index (κ2) is 9.56. The van der Waals surface area contributed by atoms with Crippen LogP contribution in [0.15, 0.2) is 36.7 Å². The fraction of sp³-hybridized carbons (Fsp3) is 0.476. The lowest BCUT2D eigenvalue weighted by Gasteiger charge is -2.28. The number of hydrogen-bond donors (Lipinski definition) is 1. The zero-order chi connectivity index (χ0) is 19.9. The maximum atomic E-state index is 11.9. The highest BCUT2D eigenvalue weighted by atomic mass is 16.5. The normalized spacial score (nSPS) is 17.3. The topological polar surface area (TPSA) is 79.8 Å². The largest absolute Gasteiger partial charge is 0.437 e. The summed E-state index contributed by atoms with van der Waals surface area (Å²) in [5, 5.41) is 3.22. The van der Waals surface area contributed by atoms with E-state index in [-0.39, 0.29) is 5.91 Å². The van der Waals surface area contributed by atoms with E-state index in [0.717, 1.165) is 51.4 Å². The van der Waals surface area contributed by atoms with Gasteiger partial charge in [-0.3, -0.25) is 9.78 Å². The van der Waals surface area contributed by atoms with E-state index in [1.165, 1.54) is 0 Å². The fourth-order valence-electron chi connectivity index (χ4n) is 3.57. The Morgan fingerprint density at radius 3 is 2.69 bits per heavy atom. The number of amides is 1. The Morgan fingerprint density at radius 1 is 1.07 bits per heavy atom. The summed E-state index contributed by atoms with van der Waals surface area (Å²) < 4.78 is 11.2. The maximum absolute atomic E-state index is 11.9. The maximum Gasteiger partial charge on any atom is 0.239 e. The highest BCUT2D eigenvalue weighted by Gasteiger charge is 2.17. The molecule has 29 heavy (non-hydrogen) atoms. The van der Waals surface area contributed by atoms with Crippen LogP contribution in [0, 0.1) is 0 Å². The molecular formula is C21H27N5O3. The van der Waals surface area contributed by atoms with Crippen LogP contribution in [0.3, 0.4) is 0 Å². The van der Waals surface area contributed by atoms with Gasteiger partial charge in [-0.05, 0) is 37.1 Å². The molecule has 0 unspecified atom stereocenters. The summed E-state index contributed by atoms with van der Waals surface area (Å²) in [4.78, 5) is 24.7. The van der Waals surface area contributed by atoms with Gasteiger partial charge in [0.25, 0.3) is 0 Å². The second-order valence-electron chi connectivity index (χ2n) is 7.20. The third-order valence-electron chi connectivity index (χ3n) is 5.16. The summed E-state index contributed by atoms with van der Waals surface area (Å²) in [6.07, 6.45) is 6.00. The Labute approximate surface area is 170 Å². The number of likely N-dealkylation sites (tertiary alicyclic amines) is 1. The molecule has 2 aliphatic heterocycles. The predicted molar refractivity (Wildman–Crippen MR) is 111 cm³/mol. The second-order valence-corrected chi connectivity index (χ2v) is 7.20. The summed E-state index contributed by atoms with van der Waals surface area (Å²) in [5.41, 5.74) is 1.16. The van der Waals surface area contributed by atoms with Crippen LogP contribution in [0.2, 0.25) is 0 Å². The van der Waals surface area contributed by atoms with Crippen LogP contribution in [0.5, 0.6) is 11.6 Å². The molecule has 1 amide bonds. The molecule has 0 spiro atoms. The van der Waals surface area contributed by atoms with Crippen molar-refractivity contribution in [2.45, 2.75) is 19.3 Å². The van der Waals surface area contributed by atoms with Gasteiger partial charge in [-0.25, -0.2) is 0 Å². The number of anilines is 2. The first-order valence-corrected chi connectivity index (χ1v) is 10.2. The summed E-state index contributed by atoms with van der Waals surface area (Å²) >= 11 is 0. The summed E-state index contributed by atoms with van der Waals surface area (Å²) in [7, 11) is 0. The molecule has 8 heteroatoms. The van der Waals surface area contributed by atoms with Crippen molar-refractivity contribution in [3.63, 3.8) is 0 Å². The molecule has 1 N–H and O–H groups in total. The molecular weight excluding hydrogens is 370 g/mol. The first kappa shape index (κ1) is 19.4. The van der Waals surface area contributed by atoms with Crippen molar-refractivity contribution in [1.29, 1.82) is 0 Å². The third kappa shape index (κ3) is 5.35. The molecule has 0 bridgehead atoms. The van der Waals surface area contributed by atoms with Crippen molar-refractivity contribution in [3.05, 3.63) is 36.7 Å². The van der Waals surface area contributed by atoms with Gasteiger partial charge in [-0.2, -0.15) is 4.98 Å². The summed E-state index contributed by atoms with van der Waals surface area (Å²) in [6, 6.07) is 7.97. The van der Waals surface area contributed by atoms with Gasteiger partial charge in [0.15, 0.2) is 0 Å². The molecule has 1 aromatic heterocycles. The van der Waals surface area contributed by atoms with Crippen LogP contribution in [0.25, 0.3) is 0 Å². The number of rotatable bonds is 7. The summed E-state index contributed by atoms with van der Waals surface area (Å²) in [6.45, 7) is 5.49. The molecule has 2 saturated heterocycles. The summed E-state index contributed by atoms with van der Waals surface area (Å²) in [5.74, 6) is 2.02. The van der Waals surface area contributed by atoms with Crippen molar-refractivity contribution in [2.75, 3.05) is 56.2 Å². The average molecular weight is 397 g/mol.